The Bertz CT molecular complexity index is 1510. The topological polar surface area (TPSA) is 78.9 Å². The molecule has 5 aromatic rings. The maximum atomic E-state index is 12.0. The van der Waals surface area contributed by atoms with Gasteiger partial charge < -0.3 is 10.1 Å². The van der Waals surface area contributed by atoms with Gasteiger partial charge in [0.1, 0.15) is 11.5 Å². The van der Waals surface area contributed by atoms with Crippen molar-refractivity contribution in [2.75, 3.05) is 0 Å². The fourth-order valence-corrected chi connectivity index (χ4v) is 3.95. The highest BCUT2D eigenvalue weighted by Crippen LogP contribution is 2.32. The van der Waals surface area contributed by atoms with Crippen LogP contribution in [0.2, 0.25) is 5.02 Å². The highest BCUT2D eigenvalue weighted by atomic mass is 35.5. The summed E-state index contributed by atoms with van der Waals surface area (Å²) in [5.41, 5.74) is 3.62. The Morgan fingerprint density at radius 1 is 0.909 bits per heavy atom. The molecule has 0 saturated heterocycles. The third kappa shape index (κ3) is 4.27. The van der Waals surface area contributed by atoms with Crippen LogP contribution in [0.1, 0.15) is 11.4 Å². The summed E-state index contributed by atoms with van der Waals surface area (Å²) in [7, 11) is 0. The molecule has 0 amide bonds. The first-order chi connectivity index (χ1) is 16.1. The molecule has 0 aliphatic carbocycles. The van der Waals surface area contributed by atoms with Crippen molar-refractivity contribution in [3.05, 3.63) is 108 Å². The number of aromatic amines is 1. The van der Waals surface area contributed by atoms with Crippen molar-refractivity contribution in [1.29, 1.82) is 0 Å². The number of rotatable bonds is 5. The molecular formula is C27H18ClN3O2. The van der Waals surface area contributed by atoms with Crippen molar-refractivity contribution in [3.8, 4) is 22.6 Å². The third-order valence-electron chi connectivity index (χ3n) is 5.31. The first-order valence-electron chi connectivity index (χ1n) is 10.3. The Morgan fingerprint density at radius 3 is 2.48 bits per heavy atom. The van der Waals surface area contributed by atoms with Gasteiger partial charge >= 0.3 is 5.97 Å². The number of hydrogen-bond acceptors (Lipinski definition) is 3. The van der Waals surface area contributed by atoms with Crippen LogP contribution in [0.4, 0.5) is 0 Å². The van der Waals surface area contributed by atoms with E-state index in [0.29, 0.717) is 27.8 Å². The zero-order chi connectivity index (χ0) is 22.8. The number of fused-ring (bicyclic) bond motifs is 1. The molecule has 0 atom stereocenters. The number of halogens is 1. The van der Waals surface area contributed by atoms with Crippen molar-refractivity contribution in [3.63, 3.8) is 0 Å². The molecule has 5 nitrogen and oxygen atoms in total. The van der Waals surface area contributed by atoms with Gasteiger partial charge in [-0.3, -0.25) is 4.98 Å². The molecule has 0 aliphatic heterocycles. The van der Waals surface area contributed by atoms with E-state index in [9.17, 15) is 9.90 Å². The molecule has 0 saturated carbocycles. The first-order valence-corrected chi connectivity index (χ1v) is 10.7. The fourth-order valence-electron chi connectivity index (χ4n) is 3.76. The van der Waals surface area contributed by atoms with Crippen LogP contribution in [-0.2, 0) is 4.79 Å². The number of carboxylic acid groups (broad SMARTS) is 1. The van der Waals surface area contributed by atoms with Crippen molar-refractivity contribution in [2.45, 2.75) is 0 Å². The average Bonchev–Trinajstić information content (AvgIpc) is 3.27. The summed E-state index contributed by atoms with van der Waals surface area (Å²) in [5, 5.41) is 12.5. The predicted octanol–water partition coefficient (Wildman–Crippen LogP) is 6.57. The largest absolute Gasteiger partial charge is 0.478 e. The minimum atomic E-state index is -1.07. The van der Waals surface area contributed by atoms with E-state index in [2.05, 4.69) is 34.2 Å². The van der Waals surface area contributed by atoms with E-state index in [1.165, 1.54) is 6.08 Å². The van der Waals surface area contributed by atoms with E-state index in [1.54, 1.807) is 30.5 Å². The first kappa shape index (κ1) is 20.7. The molecule has 0 fully saturated rings. The standard InChI is InChI=1S/C27H18ClN3O2/c28-21-9-5-8-19(15-21)22(27(32)33)16-24-30-25(26(31-24)23-10-3-4-13-29-23)20-12-11-17-6-1-2-7-18(17)14-20/h1-16H,(H,30,31)(H,32,33). The lowest BCUT2D eigenvalue weighted by Gasteiger charge is -2.05. The number of nitrogens with zero attached hydrogens (tertiary/aromatic N) is 2. The summed E-state index contributed by atoms with van der Waals surface area (Å²) < 4.78 is 0. The summed E-state index contributed by atoms with van der Waals surface area (Å²) in [5.74, 6) is -0.656. The normalized spacial score (nSPS) is 11.6. The molecule has 160 valence electrons. The number of H-pyrrole nitrogens is 1. The molecule has 3 aromatic carbocycles. The van der Waals surface area contributed by atoms with E-state index in [1.807, 2.05) is 36.4 Å². The van der Waals surface area contributed by atoms with E-state index < -0.39 is 5.97 Å². The van der Waals surface area contributed by atoms with E-state index in [-0.39, 0.29) is 5.57 Å². The Morgan fingerprint density at radius 2 is 1.73 bits per heavy atom. The molecule has 0 radical (unpaired) electrons. The lowest BCUT2D eigenvalue weighted by molar-refractivity contribution is -0.130. The minimum absolute atomic E-state index is 0.0869. The molecular weight excluding hydrogens is 434 g/mol. The van der Waals surface area contributed by atoms with Crippen LogP contribution >= 0.6 is 11.6 Å². The number of imidazole rings is 1. The molecule has 0 unspecified atom stereocenters. The van der Waals surface area contributed by atoms with Gasteiger partial charge in [0.15, 0.2) is 0 Å². The molecule has 5 rings (SSSR count). The Balaban J connectivity index is 1.68. The van der Waals surface area contributed by atoms with Gasteiger partial charge in [0, 0.05) is 16.8 Å². The van der Waals surface area contributed by atoms with E-state index in [0.717, 1.165) is 22.0 Å². The van der Waals surface area contributed by atoms with Gasteiger partial charge in [0.25, 0.3) is 0 Å². The summed E-state index contributed by atoms with van der Waals surface area (Å²) in [6.07, 6.45) is 3.23. The van der Waals surface area contributed by atoms with Crippen LogP contribution in [0.3, 0.4) is 0 Å². The van der Waals surface area contributed by atoms with Crippen LogP contribution in [0.15, 0.2) is 91.1 Å². The Hall–Kier alpha value is -4.22. The molecule has 0 bridgehead atoms. The number of nitrogens with one attached hydrogen (secondary N) is 1. The van der Waals surface area contributed by atoms with Crippen molar-refractivity contribution in [2.24, 2.45) is 0 Å². The van der Waals surface area contributed by atoms with Crippen LogP contribution in [0, 0.1) is 0 Å². The van der Waals surface area contributed by atoms with Gasteiger partial charge in [-0.1, -0.05) is 66.2 Å². The van der Waals surface area contributed by atoms with Crippen molar-refractivity contribution in [1.82, 2.24) is 15.0 Å². The zero-order valence-corrected chi connectivity index (χ0v) is 18.1. The lowest BCUT2D eigenvalue weighted by Crippen LogP contribution is -2.00. The van der Waals surface area contributed by atoms with Gasteiger partial charge in [-0.05, 0) is 52.7 Å². The second-order valence-electron chi connectivity index (χ2n) is 7.50. The molecule has 6 heteroatoms. The number of aromatic nitrogens is 3. The highest BCUT2D eigenvalue weighted by molar-refractivity contribution is 6.31. The predicted molar refractivity (Wildman–Crippen MR) is 132 cm³/mol. The highest BCUT2D eigenvalue weighted by Gasteiger charge is 2.17. The molecule has 0 aliphatic rings. The number of benzene rings is 3. The summed E-state index contributed by atoms with van der Waals surface area (Å²) >= 11 is 6.08. The van der Waals surface area contributed by atoms with Crippen LogP contribution in [0.25, 0.3) is 45.1 Å². The molecule has 2 aromatic heterocycles. The Labute approximate surface area is 195 Å². The Kier molecular flexibility index (Phi) is 5.47. The number of hydrogen-bond donors (Lipinski definition) is 2. The van der Waals surface area contributed by atoms with Gasteiger partial charge in [0.05, 0.1) is 17.0 Å². The minimum Gasteiger partial charge on any atom is -0.478 e. The quantitative estimate of drug-likeness (QED) is 0.296. The fraction of sp³-hybridized carbons (Fsp3) is 0. The number of aliphatic carboxylic acids is 1. The monoisotopic (exact) mass is 451 g/mol. The van der Waals surface area contributed by atoms with Crippen LogP contribution in [-0.4, -0.2) is 26.0 Å². The van der Waals surface area contributed by atoms with Crippen molar-refractivity contribution < 1.29 is 9.90 Å². The second-order valence-corrected chi connectivity index (χ2v) is 7.93. The van der Waals surface area contributed by atoms with E-state index >= 15 is 0 Å². The number of carbonyl (C=O) groups is 1. The third-order valence-corrected chi connectivity index (χ3v) is 5.55. The lowest BCUT2D eigenvalue weighted by atomic mass is 10.0. The van der Waals surface area contributed by atoms with Gasteiger partial charge in [-0.25, -0.2) is 9.78 Å². The van der Waals surface area contributed by atoms with Crippen molar-refractivity contribution >= 4 is 40.0 Å². The van der Waals surface area contributed by atoms with Crippen LogP contribution in [0.5, 0.6) is 0 Å². The molecule has 2 heterocycles. The van der Waals surface area contributed by atoms with Crippen LogP contribution < -0.4 is 0 Å². The molecule has 2 N–H and O–H groups in total. The summed E-state index contributed by atoms with van der Waals surface area (Å²) in [6, 6.07) is 26.6. The average molecular weight is 452 g/mol. The van der Waals surface area contributed by atoms with Gasteiger partial charge in [-0.15, -0.1) is 0 Å². The maximum absolute atomic E-state index is 12.0. The molecule has 0 spiro atoms. The summed E-state index contributed by atoms with van der Waals surface area (Å²) in [6.45, 7) is 0. The smallest absolute Gasteiger partial charge is 0.336 e. The number of carboxylic acids is 1. The maximum Gasteiger partial charge on any atom is 0.336 e. The second kappa shape index (κ2) is 8.73. The zero-order valence-electron chi connectivity index (χ0n) is 17.4. The van der Waals surface area contributed by atoms with E-state index in [4.69, 9.17) is 16.6 Å². The van der Waals surface area contributed by atoms with Gasteiger partial charge in [-0.2, -0.15) is 0 Å². The summed E-state index contributed by atoms with van der Waals surface area (Å²) in [4.78, 5) is 24.5. The van der Waals surface area contributed by atoms with Gasteiger partial charge in [0.2, 0.25) is 0 Å². The molecule has 33 heavy (non-hydrogen) atoms. The number of pyridine rings is 1. The SMILES string of the molecule is O=C(O)C(=Cc1nc(-c2ccccn2)c(-c2ccc3ccccc3c2)[nH]1)c1cccc(Cl)c1.